The van der Waals surface area contributed by atoms with E-state index < -0.39 is 0 Å². The number of nitrogens with zero attached hydrogens (tertiary/aromatic N) is 1. The predicted octanol–water partition coefficient (Wildman–Crippen LogP) is 4.13. The van der Waals surface area contributed by atoms with Gasteiger partial charge in [-0.2, -0.15) is 0 Å². The van der Waals surface area contributed by atoms with Crippen molar-refractivity contribution in [1.82, 2.24) is 4.90 Å². The van der Waals surface area contributed by atoms with E-state index in [1.54, 1.807) is 30.3 Å². The molecule has 1 aromatic heterocycles. The molecule has 0 fully saturated rings. The lowest BCUT2D eigenvalue weighted by Gasteiger charge is -2.11. The monoisotopic (exact) mass is 352 g/mol. The highest BCUT2D eigenvalue weighted by Gasteiger charge is 2.07. The van der Waals surface area contributed by atoms with Gasteiger partial charge < -0.3 is 10.2 Å². The molecule has 0 saturated heterocycles. The molecule has 3 nitrogen and oxygen atoms in total. The van der Waals surface area contributed by atoms with Gasteiger partial charge >= 0.3 is 0 Å². The Balaban J connectivity index is 1.99. The second-order valence-electron chi connectivity index (χ2n) is 4.75. The fraction of sp³-hybridized carbons (Fsp3) is 0.267. The van der Waals surface area contributed by atoms with Crippen LogP contribution in [0.5, 0.6) is 0 Å². The van der Waals surface area contributed by atoms with Gasteiger partial charge in [-0.1, -0.05) is 0 Å². The molecule has 0 saturated carbocycles. The van der Waals surface area contributed by atoms with Crippen molar-refractivity contribution in [3.05, 3.63) is 50.1 Å². The maximum absolute atomic E-state index is 11.8. The number of hydrogen-bond acceptors (Lipinski definition) is 3. The molecular weight excluding hydrogens is 336 g/mol. The minimum absolute atomic E-state index is 0.0226. The summed E-state index contributed by atoms with van der Waals surface area (Å²) in [5.74, 6) is 0.0226. The van der Waals surface area contributed by atoms with E-state index in [9.17, 15) is 4.79 Å². The summed E-state index contributed by atoms with van der Waals surface area (Å²) < 4.78 is 1.16. The van der Waals surface area contributed by atoms with Gasteiger partial charge in [-0.05, 0) is 53.2 Å². The van der Waals surface area contributed by atoms with E-state index in [0.717, 1.165) is 16.7 Å². The van der Waals surface area contributed by atoms with Crippen molar-refractivity contribution < 1.29 is 4.79 Å². The molecule has 0 atom stereocenters. The molecule has 106 valence electrons. The second-order valence-corrected chi connectivity index (χ2v) is 6.94. The Morgan fingerprint density at radius 3 is 2.45 bits per heavy atom. The maximum atomic E-state index is 11.8. The van der Waals surface area contributed by atoms with Crippen molar-refractivity contribution in [3.63, 3.8) is 0 Å². The van der Waals surface area contributed by atoms with Gasteiger partial charge in [0.1, 0.15) is 0 Å². The molecule has 0 unspecified atom stereocenters. The molecule has 1 amide bonds. The van der Waals surface area contributed by atoms with Crippen molar-refractivity contribution in [2.24, 2.45) is 0 Å². The van der Waals surface area contributed by atoms with Crippen LogP contribution in [0.4, 0.5) is 5.69 Å². The number of hydrogen-bond donors (Lipinski definition) is 1. The van der Waals surface area contributed by atoms with Gasteiger partial charge in [0.2, 0.25) is 0 Å². The number of amides is 1. The minimum Gasteiger partial charge on any atom is -0.380 e. The molecule has 2 rings (SSSR count). The molecule has 20 heavy (non-hydrogen) atoms. The second kappa shape index (κ2) is 6.41. The number of anilines is 1. The Hall–Kier alpha value is -1.33. The van der Waals surface area contributed by atoms with Gasteiger partial charge in [0.15, 0.2) is 0 Å². The lowest BCUT2D eigenvalue weighted by Crippen LogP contribution is -2.21. The van der Waals surface area contributed by atoms with Crippen molar-refractivity contribution in [2.45, 2.75) is 13.5 Å². The summed E-state index contributed by atoms with van der Waals surface area (Å²) in [5.41, 5.74) is 1.72. The quantitative estimate of drug-likeness (QED) is 0.896. The van der Waals surface area contributed by atoms with Crippen LogP contribution in [0.2, 0.25) is 0 Å². The van der Waals surface area contributed by atoms with Crippen molar-refractivity contribution in [3.8, 4) is 0 Å². The Kier molecular flexibility index (Phi) is 4.83. The molecule has 0 aliphatic carbocycles. The first-order valence-electron chi connectivity index (χ1n) is 6.28. The summed E-state index contributed by atoms with van der Waals surface area (Å²) in [6, 6.07) is 9.70. The zero-order valence-electron chi connectivity index (χ0n) is 11.7. The number of benzene rings is 1. The summed E-state index contributed by atoms with van der Waals surface area (Å²) in [4.78, 5) is 15.9. The number of halogens is 1. The number of carbonyl (C=O) groups is 1. The van der Waals surface area contributed by atoms with Gasteiger partial charge in [0.05, 0.1) is 0 Å². The molecule has 2 aromatic rings. The highest BCUT2D eigenvalue weighted by atomic mass is 79.9. The van der Waals surface area contributed by atoms with E-state index in [-0.39, 0.29) is 5.91 Å². The van der Waals surface area contributed by atoms with E-state index in [1.807, 2.05) is 24.3 Å². The molecule has 1 aromatic carbocycles. The normalized spacial score (nSPS) is 10.4. The summed E-state index contributed by atoms with van der Waals surface area (Å²) in [6.45, 7) is 2.89. The molecule has 1 N–H and O–H groups in total. The van der Waals surface area contributed by atoms with Crippen LogP contribution in [-0.4, -0.2) is 24.9 Å². The van der Waals surface area contributed by atoms with Crippen LogP contribution in [0.15, 0.2) is 34.8 Å². The summed E-state index contributed by atoms with van der Waals surface area (Å²) in [5, 5.41) is 3.36. The average molecular weight is 353 g/mol. The maximum Gasteiger partial charge on any atom is 0.253 e. The Morgan fingerprint density at radius 1 is 1.30 bits per heavy atom. The van der Waals surface area contributed by atoms with Crippen LogP contribution in [0.3, 0.4) is 0 Å². The molecule has 5 heteroatoms. The van der Waals surface area contributed by atoms with Crippen LogP contribution in [0, 0.1) is 6.92 Å². The third-order valence-electron chi connectivity index (χ3n) is 2.91. The van der Waals surface area contributed by atoms with Crippen molar-refractivity contribution >= 4 is 38.9 Å². The van der Waals surface area contributed by atoms with Gasteiger partial charge in [-0.15, -0.1) is 11.3 Å². The standard InChI is InChI=1S/C15H17BrN2OS/c1-10-14(16)8-13(20-10)9-17-12-6-4-11(5-7-12)15(19)18(2)3/h4-8,17H,9H2,1-3H3. The molecule has 1 heterocycles. The fourth-order valence-electron chi connectivity index (χ4n) is 1.78. The van der Waals surface area contributed by atoms with E-state index >= 15 is 0 Å². The summed E-state index contributed by atoms with van der Waals surface area (Å²) >= 11 is 5.30. The van der Waals surface area contributed by atoms with E-state index in [2.05, 4.69) is 34.2 Å². The minimum atomic E-state index is 0.0226. The van der Waals surface area contributed by atoms with Gasteiger partial charge in [0, 0.05) is 46.1 Å². The molecular formula is C15H17BrN2OS. The molecule has 0 aliphatic rings. The number of aryl methyl sites for hydroxylation is 1. The molecule has 0 spiro atoms. The van der Waals surface area contributed by atoms with Gasteiger partial charge in [-0.3, -0.25) is 4.79 Å². The zero-order valence-corrected chi connectivity index (χ0v) is 14.1. The number of thiophene rings is 1. The first kappa shape index (κ1) is 15.1. The lowest BCUT2D eigenvalue weighted by atomic mass is 10.2. The van der Waals surface area contributed by atoms with Crippen LogP contribution in [-0.2, 0) is 6.54 Å². The van der Waals surface area contributed by atoms with Gasteiger partial charge in [-0.25, -0.2) is 0 Å². The van der Waals surface area contributed by atoms with E-state index in [4.69, 9.17) is 0 Å². The molecule has 0 aliphatic heterocycles. The lowest BCUT2D eigenvalue weighted by molar-refractivity contribution is 0.0827. The van der Waals surface area contributed by atoms with Crippen LogP contribution in [0.1, 0.15) is 20.1 Å². The fourth-order valence-corrected chi connectivity index (χ4v) is 3.32. The number of nitrogens with one attached hydrogen (secondary N) is 1. The topological polar surface area (TPSA) is 32.3 Å². The largest absolute Gasteiger partial charge is 0.380 e. The van der Waals surface area contributed by atoms with Crippen molar-refractivity contribution in [2.75, 3.05) is 19.4 Å². The predicted molar refractivity (Wildman–Crippen MR) is 88.5 cm³/mol. The van der Waals surface area contributed by atoms with E-state index in [0.29, 0.717) is 5.56 Å². The average Bonchev–Trinajstić information content (AvgIpc) is 2.75. The van der Waals surface area contributed by atoms with Crippen LogP contribution in [0.25, 0.3) is 0 Å². The number of rotatable bonds is 4. The Morgan fingerprint density at radius 2 is 1.95 bits per heavy atom. The molecule has 0 radical (unpaired) electrons. The number of carbonyl (C=O) groups excluding carboxylic acids is 1. The van der Waals surface area contributed by atoms with Crippen LogP contribution >= 0.6 is 27.3 Å². The first-order valence-corrected chi connectivity index (χ1v) is 7.88. The zero-order chi connectivity index (χ0) is 14.7. The third kappa shape index (κ3) is 3.61. The van der Waals surface area contributed by atoms with Gasteiger partial charge in [0.25, 0.3) is 5.91 Å². The smallest absolute Gasteiger partial charge is 0.253 e. The third-order valence-corrected chi connectivity index (χ3v) is 5.05. The highest BCUT2D eigenvalue weighted by Crippen LogP contribution is 2.26. The molecule has 0 bridgehead atoms. The Bertz CT molecular complexity index is 585. The highest BCUT2D eigenvalue weighted by molar-refractivity contribution is 9.10. The summed E-state index contributed by atoms with van der Waals surface area (Å²) in [7, 11) is 3.51. The van der Waals surface area contributed by atoms with Crippen molar-refractivity contribution in [1.29, 1.82) is 0 Å². The first-order chi connectivity index (χ1) is 9.47. The Labute approximate surface area is 131 Å². The summed E-state index contributed by atoms with van der Waals surface area (Å²) in [6.07, 6.45) is 0. The van der Waals surface area contributed by atoms with Crippen LogP contribution < -0.4 is 5.32 Å². The SMILES string of the molecule is Cc1sc(CNc2ccc(C(=O)N(C)C)cc2)cc1Br. The van der Waals surface area contributed by atoms with E-state index in [1.165, 1.54) is 9.75 Å².